The Balaban J connectivity index is 1.81. The van der Waals surface area contributed by atoms with Crippen LogP contribution in [0.1, 0.15) is 9.67 Å². The molecular formula is C10H11N5O2S. The van der Waals surface area contributed by atoms with E-state index < -0.39 is 0 Å². The highest BCUT2D eigenvalue weighted by molar-refractivity contribution is 7.12. The molecule has 18 heavy (non-hydrogen) atoms. The SMILES string of the molecule is O=C(c1sccc1-n1cnnn1)N1CC(CO)C1. The molecule has 1 saturated heterocycles. The van der Waals surface area contributed by atoms with Crippen LogP contribution < -0.4 is 0 Å². The second-order valence-electron chi connectivity index (χ2n) is 4.15. The lowest BCUT2D eigenvalue weighted by Crippen LogP contribution is -2.51. The first-order valence-electron chi connectivity index (χ1n) is 5.50. The molecule has 7 nitrogen and oxygen atoms in total. The van der Waals surface area contributed by atoms with Crippen molar-refractivity contribution in [3.05, 3.63) is 22.7 Å². The lowest BCUT2D eigenvalue weighted by molar-refractivity contribution is 0.0366. The van der Waals surface area contributed by atoms with E-state index in [2.05, 4.69) is 15.5 Å². The Hall–Kier alpha value is -1.80. The Kier molecular flexibility index (Phi) is 2.80. The van der Waals surface area contributed by atoms with E-state index in [-0.39, 0.29) is 18.4 Å². The summed E-state index contributed by atoms with van der Waals surface area (Å²) in [6.07, 6.45) is 1.46. The van der Waals surface area contributed by atoms with Gasteiger partial charge in [-0.25, -0.2) is 0 Å². The molecular weight excluding hydrogens is 254 g/mol. The predicted molar refractivity (Wildman–Crippen MR) is 63.5 cm³/mol. The van der Waals surface area contributed by atoms with Crippen LogP contribution in [0.3, 0.4) is 0 Å². The summed E-state index contributed by atoms with van der Waals surface area (Å²) >= 11 is 1.37. The van der Waals surface area contributed by atoms with Crippen molar-refractivity contribution < 1.29 is 9.90 Å². The van der Waals surface area contributed by atoms with Gasteiger partial charge < -0.3 is 10.0 Å². The number of tetrazole rings is 1. The molecule has 0 aliphatic carbocycles. The van der Waals surface area contributed by atoms with Gasteiger partial charge in [0.2, 0.25) is 0 Å². The maximum absolute atomic E-state index is 12.2. The zero-order valence-corrected chi connectivity index (χ0v) is 10.2. The number of rotatable bonds is 3. The van der Waals surface area contributed by atoms with E-state index in [4.69, 9.17) is 5.11 Å². The first kappa shape index (κ1) is 11.3. The number of hydrogen-bond acceptors (Lipinski definition) is 6. The van der Waals surface area contributed by atoms with Gasteiger partial charge in [-0.2, -0.15) is 4.68 Å². The summed E-state index contributed by atoms with van der Waals surface area (Å²) in [6, 6.07) is 1.82. The highest BCUT2D eigenvalue weighted by Crippen LogP contribution is 2.25. The van der Waals surface area contributed by atoms with Gasteiger partial charge in [-0.1, -0.05) is 0 Å². The quantitative estimate of drug-likeness (QED) is 0.830. The first-order chi connectivity index (χ1) is 8.79. The Morgan fingerprint density at radius 2 is 2.39 bits per heavy atom. The van der Waals surface area contributed by atoms with Crippen LogP contribution in [-0.4, -0.2) is 55.8 Å². The van der Waals surface area contributed by atoms with Gasteiger partial charge in [0.25, 0.3) is 5.91 Å². The van der Waals surface area contributed by atoms with Crippen LogP contribution >= 0.6 is 11.3 Å². The summed E-state index contributed by atoms with van der Waals surface area (Å²) in [5.41, 5.74) is 0.697. The summed E-state index contributed by atoms with van der Waals surface area (Å²) in [4.78, 5) is 14.6. The molecule has 1 aliphatic rings. The van der Waals surface area contributed by atoms with E-state index in [1.807, 2.05) is 11.4 Å². The van der Waals surface area contributed by atoms with Crippen molar-refractivity contribution in [3.8, 4) is 5.69 Å². The molecule has 1 N–H and O–H groups in total. The van der Waals surface area contributed by atoms with Gasteiger partial charge in [-0.3, -0.25) is 4.79 Å². The second-order valence-corrected chi connectivity index (χ2v) is 5.06. The number of aliphatic hydroxyl groups excluding tert-OH is 1. The summed E-state index contributed by atoms with van der Waals surface area (Å²) in [5, 5.41) is 21.7. The number of likely N-dealkylation sites (tertiary alicyclic amines) is 1. The van der Waals surface area contributed by atoms with Gasteiger partial charge in [0.05, 0.1) is 5.69 Å². The Morgan fingerprint density at radius 1 is 1.56 bits per heavy atom. The monoisotopic (exact) mass is 265 g/mol. The van der Waals surface area contributed by atoms with Gasteiger partial charge in [-0.15, -0.1) is 16.4 Å². The second kappa shape index (κ2) is 4.46. The molecule has 0 radical (unpaired) electrons. The summed E-state index contributed by atoms with van der Waals surface area (Å²) in [6.45, 7) is 1.36. The molecule has 2 aromatic heterocycles. The Labute approximate surface area is 107 Å². The van der Waals surface area contributed by atoms with Gasteiger partial charge >= 0.3 is 0 Å². The number of aliphatic hydroxyl groups is 1. The minimum atomic E-state index is -0.0276. The van der Waals surface area contributed by atoms with E-state index >= 15 is 0 Å². The highest BCUT2D eigenvalue weighted by Gasteiger charge is 2.32. The highest BCUT2D eigenvalue weighted by atomic mass is 32.1. The van der Waals surface area contributed by atoms with Crippen molar-refractivity contribution in [2.45, 2.75) is 0 Å². The lowest BCUT2D eigenvalue weighted by atomic mass is 10.0. The molecule has 1 amide bonds. The molecule has 94 valence electrons. The van der Waals surface area contributed by atoms with Crippen molar-refractivity contribution in [1.29, 1.82) is 0 Å². The largest absolute Gasteiger partial charge is 0.396 e. The number of nitrogens with zero attached hydrogens (tertiary/aromatic N) is 5. The van der Waals surface area contributed by atoms with Gasteiger partial charge in [-0.05, 0) is 21.9 Å². The third-order valence-electron chi connectivity index (χ3n) is 2.94. The summed E-state index contributed by atoms with van der Waals surface area (Å²) in [7, 11) is 0. The fourth-order valence-corrected chi connectivity index (χ4v) is 2.75. The Morgan fingerprint density at radius 3 is 3.06 bits per heavy atom. The predicted octanol–water partition coefficient (Wildman–Crippen LogP) is -0.212. The average Bonchev–Trinajstić information content (AvgIpc) is 2.98. The molecule has 3 heterocycles. The average molecular weight is 265 g/mol. The molecule has 0 spiro atoms. The van der Waals surface area contributed by atoms with Crippen molar-refractivity contribution in [3.63, 3.8) is 0 Å². The molecule has 2 aromatic rings. The number of carbonyl (C=O) groups is 1. The van der Waals surface area contributed by atoms with Crippen LogP contribution in [0.5, 0.6) is 0 Å². The number of carbonyl (C=O) groups excluding carboxylic acids is 1. The van der Waals surface area contributed by atoms with E-state index in [1.165, 1.54) is 22.3 Å². The zero-order chi connectivity index (χ0) is 12.5. The molecule has 8 heteroatoms. The van der Waals surface area contributed by atoms with Crippen LogP contribution in [0.2, 0.25) is 0 Å². The topological polar surface area (TPSA) is 84.1 Å². The van der Waals surface area contributed by atoms with E-state index in [9.17, 15) is 4.79 Å². The van der Waals surface area contributed by atoms with Crippen molar-refractivity contribution in [2.24, 2.45) is 5.92 Å². The third kappa shape index (κ3) is 1.79. The Bertz CT molecular complexity index is 546. The van der Waals surface area contributed by atoms with Crippen molar-refractivity contribution >= 4 is 17.2 Å². The van der Waals surface area contributed by atoms with Crippen LogP contribution in [-0.2, 0) is 0 Å². The van der Waals surface area contributed by atoms with Gasteiger partial charge in [0.1, 0.15) is 11.2 Å². The first-order valence-corrected chi connectivity index (χ1v) is 6.38. The van der Waals surface area contributed by atoms with Crippen molar-refractivity contribution in [1.82, 2.24) is 25.1 Å². The van der Waals surface area contributed by atoms with Gasteiger partial charge in [0, 0.05) is 25.6 Å². The van der Waals surface area contributed by atoms with Crippen LogP contribution in [0.25, 0.3) is 5.69 Å². The fourth-order valence-electron chi connectivity index (χ4n) is 1.91. The zero-order valence-electron chi connectivity index (χ0n) is 9.43. The van der Waals surface area contributed by atoms with Crippen LogP contribution in [0.15, 0.2) is 17.8 Å². The molecule has 3 rings (SSSR count). The maximum Gasteiger partial charge on any atom is 0.266 e. The van der Waals surface area contributed by atoms with E-state index in [0.717, 1.165) is 0 Å². The molecule has 0 saturated carbocycles. The van der Waals surface area contributed by atoms with Crippen LogP contribution in [0, 0.1) is 5.92 Å². The summed E-state index contributed by atoms with van der Waals surface area (Å²) < 4.78 is 1.48. The third-order valence-corrected chi connectivity index (χ3v) is 3.83. The molecule has 0 aromatic carbocycles. The normalized spacial score (nSPS) is 15.7. The maximum atomic E-state index is 12.2. The minimum absolute atomic E-state index is 0.0276. The summed E-state index contributed by atoms with van der Waals surface area (Å²) in [5.74, 6) is 0.186. The standard InChI is InChI=1S/C10H11N5O2S/c16-5-7-3-14(4-7)10(17)9-8(1-2-18-9)15-6-11-12-13-15/h1-2,6-7,16H,3-5H2. The number of thiophene rings is 1. The molecule has 1 fully saturated rings. The molecule has 0 unspecified atom stereocenters. The number of hydrogen-bond donors (Lipinski definition) is 1. The molecule has 0 atom stereocenters. The number of amides is 1. The van der Waals surface area contributed by atoms with Gasteiger partial charge in [0.15, 0.2) is 0 Å². The van der Waals surface area contributed by atoms with Crippen LogP contribution in [0.4, 0.5) is 0 Å². The molecule has 1 aliphatic heterocycles. The molecule has 0 bridgehead atoms. The smallest absolute Gasteiger partial charge is 0.266 e. The van der Waals surface area contributed by atoms with E-state index in [0.29, 0.717) is 23.7 Å². The lowest BCUT2D eigenvalue weighted by Gasteiger charge is -2.38. The van der Waals surface area contributed by atoms with Crippen molar-refractivity contribution in [2.75, 3.05) is 19.7 Å². The fraction of sp³-hybridized carbons (Fsp3) is 0.400. The van der Waals surface area contributed by atoms with E-state index in [1.54, 1.807) is 4.90 Å². The minimum Gasteiger partial charge on any atom is -0.396 e. The number of aromatic nitrogens is 4.